The lowest BCUT2D eigenvalue weighted by molar-refractivity contribution is 0.00578. The molecule has 1 saturated carbocycles. The highest BCUT2D eigenvalue weighted by Crippen LogP contribution is 2.43. The molecule has 5 nitrogen and oxygen atoms in total. The van der Waals surface area contributed by atoms with E-state index in [2.05, 4.69) is 10.1 Å². The fourth-order valence-electron chi connectivity index (χ4n) is 2.93. The zero-order chi connectivity index (χ0) is 17.7. The van der Waals surface area contributed by atoms with Crippen LogP contribution >= 0.6 is 0 Å². The standard InChI is InChI=1S/C17H26BFN2O3/c1-10(2)15-20-13(21-22-15)9-11-7-12(8-11)14(19)18-23-16(3,4)17(5,6)24-18/h10-11H,7-9H2,1-6H3. The first kappa shape index (κ1) is 17.6. The largest absolute Gasteiger partial charge is 0.525 e. The van der Waals surface area contributed by atoms with Gasteiger partial charge in [-0.2, -0.15) is 4.98 Å². The number of halogens is 1. The van der Waals surface area contributed by atoms with Gasteiger partial charge < -0.3 is 13.8 Å². The van der Waals surface area contributed by atoms with E-state index >= 15 is 0 Å². The normalized spacial score (nSPS) is 25.2. The summed E-state index contributed by atoms with van der Waals surface area (Å²) in [4.78, 5) is 4.38. The molecule has 3 rings (SSSR count). The van der Waals surface area contributed by atoms with E-state index in [0.29, 0.717) is 30.5 Å². The van der Waals surface area contributed by atoms with Gasteiger partial charge in [-0.25, -0.2) is 4.39 Å². The zero-order valence-corrected chi connectivity index (χ0v) is 15.4. The van der Waals surface area contributed by atoms with Crippen molar-refractivity contribution >= 4 is 7.12 Å². The number of hydrogen-bond acceptors (Lipinski definition) is 5. The van der Waals surface area contributed by atoms with Crippen LogP contribution in [0, 0.1) is 5.92 Å². The molecule has 0 N–H and O–H groups in total. The Kier molecular flexibility index (Phi) is 4.37. The minimum absolute atomic E-state index is 0.226. The quantitative estimate of drug-likeness (QED) is 0.778. The van der Waals surface area contributed by atoms with Gasteiger partial charge in [0.25, 0.3) is 0 Å². The molecule has 0 spiro atoms. The second-order valence-corrected chi connectivity index (χ2v) is 8.22. The van der Waals surface area contributed by atoms with Gasteiger partial charge in [0.05, 0.1) is 11.2 Å². The summed E-state index contributed by atoms with van der Waals surface area (Å²) >= 11 is 0. The maximum Gasteiger partial charge on any atom is 0.525 e. The van der Waals surface area contributed by atoms with Crippen LogP contribution in [0.25, 0.3) is 0 Å². The first-order valence-electron chi connectivity index (χ1n) is 8.64. The third kappa shape index (κ3) is 3.16. The lowest BCUT2D eigenvalue weighted by Crippen LogP contribution is -2.41. The molecule has 1 saturated heterocycles. The van der Waals surface area contributed by atoms with Gasteiger partial charge in [-0.3, -0.25) is 0 Å². The highest BCUT2D eigenvalue weighted by atomic mass is 19.1. The van der Waals surface area contributed by atoms with Gasteiger partial charge in [0.15, 0.2) is 5.82 Å². The van der Waals surface area contributed by atoms with Crippen LogP contribution in [0.4, 0.5) is 4.39 Å². The molecule has 24 heavy (non-hydrogen) atoms. The number of rotatable bonds is 4. The van der Waals surface area contributed by atoms with Crippen LogP contribution in [0.15, 0.2) is 15.8 Å². The predicted molar refractivity (Wildman–Crippen MR) is 89.0 cm³/mol. The summed E-state index contributed by atoms with van der Waals surface area (Å²) in [5.41, 5.74) is -0.514. The molecule has 0 aromatic carbocycles. The van der Waals surface area contributed by atoms with E-state index in [-0.39, 0.29) is 11.6 Å². The van der Waals surface area contributed by atoms with Crippen molar-refractivity contribution in [2.45, 2.75) is 77.9 Å². The predicted octanol–water partition coefficient (Wildman–Crippen LogP) is 4.00. The van der Waals surface area contributed by atoms with Gasteiger partial charge in [0.1, 0.15) is 5.73 Å². The van der Waals surface area contributed by atoms with Crippen molar-refractivity contribution in [3.8, 4) is 0 Å². The van der Waals surface area contributed by atoms with Crippen LogP contribution in [-0.2, 0) is 15.7 Å². The Morgan fingerprint density at radius 3 is 2.29 bits per heavy atom. The maximum atomic E-state index is 14.6. The molecular weight excluding hydrogens is 310 g/mol. The molecule has 0 unspecified atom stereocenters. The van der Waals surface area contributed by atoms with Crippen LogP contribution < -0.4 is 0 Å². The van der Waals surface area contributed by atoms with Gasteiger partial charge in [-0.05, 0) is 52.0 Å². The average Bonchev–Trinajstić information content (AvgIpc) is 2.96. The number of nitrogens with zero attached hydrogens (tertiary/aromatic N) is 2. The minimum atomic E-state index is -0.885. The lowest BCUT2D eigenvalue weighted by Gasteiger charge is -2.32. The fourth-order valence-corrected chi connectivity index (χ4v) is 2.93. The highest BCUT2D eigenvalue weighted by molar-refractivity contribution is 6.53. The van der Waals surface area contributed by atoms with E-state index in [9.17, 15) is 4.39 Å². The van der Waals surface area contributed by atoms with Gasteiger partial charge >= 0.3 is 7.12 Å². The van der Waals surface area contributed by atoms with Crippen molar-refractivity contribution in [1.82, 2.24) is 10.1 Å². The molecule has 0 atom stereocenters. The smallest absolute Gasteiger partial charge is 0.398 e. The van der Waals surface area contributed by atoms with Crippen molar-refractivity contribution in [2.24, 2.45) is 5.92 Å². The Labute approximate surface area is 143 Å². The van der Waals surface area contributed by atoms with Gasteiger partial charge in [0, 0.05) is 12.3 Å². The Hall–Kier alpha value is -1.21. The Morgan fingerprint density at radius 2 is 1.79 bits per heavy atom. The van der Waals surface area contributed by atoms with E-state index in [1.54, 1.807) is 0 Å². The molecule has 0 radical (unpaired) electrons. The van der Waals surface area contributed by atoms with Crippen molar-refractivity contribution in [2.75, 3.05) is 0 Å². The van der Waals surface area contributed by atoms with Crippen LogP contribution in [-0.4, -0.2) is 28.5 Å². The summed E-state index contributed by atoms with van der Waals surface area (Å²) in [7, 11) is -0.885. The monoisotopic (exact) mass is 336 g/mol. The molecule has 0 bridgehead atoms. The summed E-state index contributed by atoms with van der Waals surface area (Å²) in [6.07, 6.45) is 2.11. The van der Waals surface area contributed by atoms with E-state index in [1.165, 1.54) is 0 Å². The molecule has 0 amide bonds. The topological polar surface area (TPSA) is 57.4 Å². The maximum absolute atomic E-state index is 14.6. The van der Waals surface area contributed by atoms with E-state index in [1.807, 2.05) is 41.5 Å². The number of aromatic nitrogens is 2. The Morgan fingerprint density at radius 1 is 1.21 bits per heavy atom. The second-order valence-electron chi connectivity index (χ2n) is 8.22. The SMILES string of the molecule is CC(C)c1nc(CC2CC(=C(F)B3OC(C)(C)C(C)(C)O3)C2)no1. The van der Waals surface area contributed by atoms with Crippen LogP contribution in [0.5, 0.6) is 0 Å². The first-order valence-corrected chi connectivity index (χ1v) is 8.64. The van der Waals surface area contributed by atoms with E-state index < -0.39 is 18.3 Å². The summed E-state index contributed by atoms with van der Waals surface area (Å²) in [6, 6.07) is 0. The van der Waals surface area contributed by atoms with Crippen molar-refractivity contribution < 1.29 is 18.2 Å². The summed E-state index contributed by atoms with van der Waals surface area (Å²) in [5, 5.41) is 4.00. The minimum Gasteiger partial charge on any atom is -0.398 e. The Balaban J connectivity index is 1.58. The van der Waals surface area contributed by atoms with E-state index in [4.69, 9.17) is 13.8 Å². The third-order valence-corrected chi connectivity index (χ3v) is 5.32. The van der Waals surface area contributed by atoms with Crippen molar-refractivity contribution in [3.05, 3.63) is 23.0 Å². The molecular formula is C17H26BFN2O3. The van der Waals surface area contributed by atoms with Gasteiger partial charge in [-0.1, -0.05) is 19.0 Å². The summed E-state index contributed by atoms with van der Waals surface area (Å²) in [6.45, 7) is 11.7. The number of hydrogen-bond donors (Lipinski definition) is 0. The van der Waals surface area contributed by atoms with Crippen LogP contribution in [0.3, 0.4) is 0 Å². The third-order valence-electron chi connectivity index (χ3n) is 5.32. The van der Waals surface area contributed by atoms with Gasteiger partial charge in [0.2, 0.25) is 5.89 Å². The number of allylic oxidation sites excluding steroid dienone is 1. The van der Waals surface area contributed by atoms with E-state index in [0.717, 1.165) is 12.0 Å². The Bertz CT molecular complexity index is 630. The van der Waals surface area contributed by atoms with Crippen LogP contribution in [0.1, 0.15) is 72.0 Å². The lowest BCUT2D eigenvalue weighted by atomic mass is 9.71. The fraction of sp³-hybridized carbons (Fsp3) is 0.765. The molecule has 2 fully saturated rings. The summed E-state index contributed by atoms with van der Waals surface area (Å²) < 4.78 is 31.4. The highest BCUT2D eigenvalue weighted by Gasteiger charge is 2.54. The molecule has 1 aromatic rings. The molecule has 1 aromatic heterocycles. The molecule has 132 valence electrons. The average molecular weight is 336 g/mol. The first-order chi connectivity index (χ1) is 11.1. The molecule has 7 heteroatoms. The molecule has 1 aliphatic heterocycles. The molecule has 1 aliphatic carbocycles. The van der Waals surface area contributed by atoms with Crippen molar-refractivity contribution in [3.63, 3.8) is 0 Å². The zero-order valence-electron chi connectivity index (χ0n) is 15.4. The van der Waals surface area contributed by atoms with Crippen LogP contribution in [0.2, 0.25) is 0 Å². The van der Waals surface area contributed by atoms with Crippen molar-refractivity contribution in [1.29, 1.82) is 0 Å². The second kappa shape index (κ2) is 5.95. The van der Waals surface area contributed by atoms with Gasteiger partial charge in [-0.15, -0.1) is 0 Å². The molecule has 2 heterocycles. The summed E-state index contributed by atoms with van der Waals surface area (Å²) in [5.74, 6) is 1.94. The molecule has 2 aliphatic rings.